The molecule has 0 unspecified atom stereocenters. The maximum atomic E-state index is 2.45. The van der Waals surface area contributed by atoms with Crippen LogP contribution in [-0.2, 0) is 0 Å². The van der Waals surface area contributed by atoms with E-state index in [1.54, 1.807) is 0 Å². The van der Waals surface area contributed by atoms with E-state index < -0.39 is 0 Å². The number of rotatable bonds is 3. The Morgan fingerprint density at radius 2 is 1.82 bits per heavy atom. The Hall–Kier alpha value is -1.04. The molecule has 0 N–H and O–H groups in total. The van der Waals surface area contributed by atoms with Gasteiger partial charge in [0.05, 0.1) is 0 Å². The van der Waals surface area contributed by atoms with Gasteiger partial charge < -0.3 is 0 Å². The van der Waals surface area contributed by atoms with E-state index in [1.165, 1.54) is 37.7 Å². The van der Waals surface area contributed by atoms with E-state index in [9.17, 15) is 0 Å². The van der Waals surface area contributed by atoms with Gasteiger partial charge in [0.15, 0.2) is 0 Å². The third kappa shape index (κ3) is 3.46. The molecule has 0 nitrogen and oxygen atoms in total. The van der Waals surface area contributed by atoms with Gasteiger partial charge in [-0.15, -0.1) is 0 Å². The SMILES string of the molecule is CCC1(C)CCC(/C=C/c2ccccc2)CC1. The molecule has 0 spiro atoms. The van der Waals surface area contributed by atoms with Crippen molar-refractivity contribution in [3.63, 3.8) is 0 Å². The van der Waals surface area contributed by atoms with Gasteiger partial charge >= 0.3 is 0 Å². The summed E-state index contributed by atoms with van der Waals surface area (Å²) in [6, 6.07) is 10.6. The minimum Gasteiger partial charge on any atom is -0.0808 e. The lowest BCUT2D eigenvalue weighted by Gasteiger charge is -2.35. The van der Waals surface area contributed by atoms with Crippen molar-refractivity contribution in [1.82, 2.24) is 0 Å². The predicted molar refractivity (Wildman–Crippen MR) is 75.8 cm³/mol. The van der Waals surface area contributed by atoms with Crippen LogP contribution in [0.4, 0.5) is 0 Å². The normalized spacial score (nSPS) is 29.6. The number of benzene rings is 1. The Morgan fingerprint density at radius 3 is 2.41 bits per heavy atom. The van der Waals surface area contributed by atoms with Gasteiger partial charge in [-0.05, 0) is 42.6 Å². The summed E-state index contributed by atoms with van der Waals surface area (Å²) in [6.07, 6.45) is 11.6. The van der Waals surface area contributed by atoms with Gasteiger partial charge in [0.25, 0.3) is 0 Å². The molecule has 2 rings (SSSR count). The van der Waals surface area contributed by atoms with Gasteiger partial charge in [-0.1, -0.05) is 62.8 Å². The Kier molecular flexibility index (Phi) is 4.04. The molecular weight excluding hydrogens is 204 g/mol. The molecule has 0 bridgehead atoms. The van der Waals surface area contributed by atoms with E-state index in [0.717, 1.165) is 5.92 Å². The molecule has 0 saturated heterocycles. The quantitative estimate of drug-likeness (QED) is 0.658. The van der Waals surface area contributed by atoms with Crippen LogP contribution in [0.5, 0.6) is 0 Å². The molecule has 0 amide bonds. The predicted octanol–water partition coefficient (Wildman–Crippen LogP) is 5.31. The average Bonchev–Trinajstić information content (AvgIpc) is 2.39. The van der Waals surface area contributed by atoms with Crippen LogP contribution in [0.25, 0.3) is 6.08 Å². The smallest absolute Gasteiger partial charge is 0.0230 e. The highest BCUT2D eigenvalue weighted by molar-refractivity contribution is 5.48. The van der Waals surface area contributed by atoms with Gasteiger partial charge in [0.2, 0.25) is 0 Å². The first-order valence-corrected chi connectivity index (χ1v) is 6.95. The van der Waals surface area contributed by atoms with Crippen molar-refractivity contribution in [2.45, 2.75) is 46.0 Å². The zero-order chi connectivity index (χ0) is 12.1. The average molecular weight is 228 g/mol. The largest absolute Gasteiger partial charge is 0.0808 e. The molecule has 1 aromatic carbocycles. The summed E-state index contributed by atoms with van der Waals surface area (Å²) in [5, 5.41) is 0. The van der Waals surface area contributed by atoms with Crippen LogP contribution in [0.15, 0.2) is 36.4 Å². The topological polar surface area (TPSA) is 0 Å². The van der Waals surface area contributed by atoms with Gasteiger partial charge in [-0.25, -0.2) is 0 Å². The van der Waals surface area contributed by atoms with Gasteiger partial charge in [-0.3, -0.25) is 0 Å². The minimum absolute atomic E-state index is 0.622. The Bertz CT molecular complexity index is 353. The maximum absolute atomic E-state index is 2.45. The standard InChI is InChI=1S/C17H24/c1-3-17(2)13-11-16(12-14-17)10-9-15-7-5-4-6-8-15/h4-10,16H,3,11-14H2,1-2H3/b10-9+. The van der Waals surface area contributed by atoms with Crippen LogP contribution < -0.4 is 0 Å². The summed E-state index contributed by atoms with van der Waals surface area (Å²) < 4.78 is 0. The summed E-state index contributed by atoms with van der Waals surface area (Å²) in [6.45, 7) is 4.78. The summed E-state index contributed by atoms with van der Waals surface area (Å²) in [5.74, 6) is 0.801. The lowest BCUT2D eigenvalue weighted by molar-refractivity contribution is 0.182. The van der Waals surface area contributed by atoms with Crippen LogP contribution in [0.3, 0.4) is 0 Å². The molecule has 92 valence electrons. The van der Waals surface area contributed by atoms with Crippen molar-refractivity contribution in [1.29, 1.82) is 0 Å². The van der Waals surface area contributed by atoms with Crippen LogP contribution in [0.1, 0.15) is 51.5 Å². The third-order valence-corrected chi connectivity index (χ3v) is 4.45. The van der Waals surface area contributed by atoms with Crippen molar-refractivity contribution in [2.24, 2.45) is 11.3 Å². The van der Waals surface area contributed by atoms with E-state index >= 15 is 0 Å². The van der Waals surface area contributed by atoms with E-state index in [0.29, 0.717) is 5.41 Å². The van der Waals surface area contributed by atoms with Crippen LogP contribution in [0, 0.1) is 11.3 Å². The molecule has 1 fully saturated rings. The molecule has 0 radical (unpaired) electrons. The molecule has 1 aliphatic rings. The Labute approximate surface area is 106 Å². The minimum atomic E-state index is 0.622. The second kappa shape index (κ2) is 5.53. The lowest BCUT2D eigenvalue weighted by atomic mass is 9.70. The molecule has 1 aromatic rings. The first-order chi connectivity index (χ1) is 8.22. The van der Waals surface area contributed by atoms with E-state index in [4.69, 9.17) is 0 Å². The first kappa shape index (κ1) is 12.4. The molecule has 0 heterocycles. The van der Waals surface area contributed by atoms with Gasteiger partial charge in [0, 0.05) is 0 Å². The second-order valence-corrected chi connectivity index (χ2v) is 5.77. The highest BCUT2D eigenvalue weighted by atomic mass is 14.3. The Balaban J connectivity index is 1.88. The number of hydrogen-bond donors (Lipinski definition) is 0. The molecule has 0 atom stereocenters. The zero-order valence-electron chi connectivity index (χ0n) is 11.2. The van der Waals surface area contributed by atoms with Gasteiger partial charge in [0.1, 0.15) is 0 Å². The van der Waals surface area contributed by atoms with Crippen LogP contribution in [0.2, 0.25) is 0 Å². The second-order valence-electron chi connectivity index (χ2n) is 5.77. The highest BCUT2D eigenvalue weighted by Crippen LogP contribution is 2.41. The van der Waals surface area contributed by atoms with Crippen molar-refractivity contribution >= 4 is 6.08 Å². The molecule has 1 aliphatic carbocycles. The maximum Gasteiger partial charge on any atom is -0.0230 e. The molecule has 0 aliphatic heterocycles. The fourth-order valence-corrected chi connectivity index (χ4v) is 2.69. The Morgan fingerprint density at radius 1 is 1.18 bits per heavy atom. The van der Waals surface area contributed by atoms with Gasteiger partial charge in [-0.2, -0.15) is 0 Å². The van der Waals surface area contributed by atoms with E-state index in [1.807, 2.05) is 0 Å². The van der Waals surface area contributed by atoms with Crippen molar-refractivity contribution < 1.29 is 0 Å². The zero-order valence-corrected chi connectivity index (χ0v) is 11.2. The molecule has 0 aromatic heterocycles. The van der Waals surface area contributed by atoms with E-state index in [-0.39, 0.29) is 0 Å². The summed E-state index contributed by atoms with van der Waals surface area (Å²) >= 11 is 0. The van der Waals surface area contributed by atoms with E-state index in [2.05, 4.69) is 56.3 Å². The van der Waals surface area contributed by atoms with Crippen LogP contribution >= 0.6 is 0 Å². The van der Waals surface area contributed by atoms with Crippen molar-refractivity contribution in [2.75, 3.05) is 0 Å². The highest BCUT2D eigenvalue weighted by Gasteiger charge is 2.28. The fraction of sp³-hybridized carbons (Fsp3) is 0.529. The molecule has 0 heteroatoms. The molecular formula is C17H24. The summed E-state index contributed by atoms with van der Waals surface area (Å²) in [5.41, 5.74) is 1.95. The molecule has 17 heavy (non-hydrogen) atoms. The summed E-state index contributed by atoms with van der Waals surface area (Å²) in [7, 11) is 0. The fourth-order valence-electron chi connectivity index (χ4n) is 2.69. The number of hydrogen-bond acceptors (Lipinski definition) is 0. The number of allylic oxidation sites excluding steroid dienone is 1. The van der Waals surface area contributed by atoms with Crippen LogP contribution in [-0.4, -0.2) is 0 Å². The summed E-state index contributed by atoms with van der Waals surface area (Å²) in [4.78, 5) is 0. The van der Waals surface area contributed by atoms with Crippen molar-refractivity contribution in [3.05, 3.63) is 42.0 Å². The molecule has 1 saturated carbocycles. The van der Waals surface area contributed by atoms with Crippen molar-refractivity contribution in [3.8, 4) is 0 Å². The lowest BCUT2D eigenvalue weighted by Crippen LogP contribution is -2.22. The first-order valence-electron chi connectivity index (χ1n) is 6.95. The monoisotopic (exact) mass is 228 g/mol. The third-order valence-electron chi connectivity index (χ3n) is 4.45.